The maximum Gasteiger partial charge on any atom is 0.490 e. The van der Waals surface area contributed by atoms with E-state index in [0.29, 0.717) is 6.54 Å². The monoisotopic (exact) mass is 561 g/mol. The second-order valence-electron chi connectivity index (χ2n) is 7.53. The first-order valence-corrected chi connectivity index (χ1v) is 11.4. The normalized spacial score (nSPS) is 13.8. The molecule has 0 amide bonds. The highest BCUT2D eigenvalue weighted by Gasteiger charge is 2.38. The lowest BCUT2D eigenvalue weighted by Gasteiger charge is -2.18. The summed E-state index contributed by atoms with van der Waals surface area (Å²) in [7, 11) is 1.74. The molecule has 0 saturated heterocycles. The molecule has 9 nitrogen and oxygen atoms in total. The lowest BCUT2D eigenvalue weighted by atomic mass is 10.1. The number of rotatable bonds is 5. The van der Waals surface area contributed by atoms with Gasteiger partial charge in [-0.15, -0.1) is 11.3 Å². The van der Waals surface area contributed by atoms with E-state index in [2.05, 4.69) is 9.88 Å². The van der Waals surface area contributed by atoms with Gasteiger partial charge in [-0.05, 0) is 18.9 Å². The first-order chi connectivity index (χ1) is 17.1. The number of aryl methyl sites for hydroxylation is 1. The van der Waals surface area contributed by atoms with Gasteiger partial charge in [0.2, 0.25) is 0 Å². The summed E-state index contributed by atoms with van der Waals surface area (Å²) in [6, 6.07) is 3.70. The molecule has 0 aromatic carbocycles. The maximum absolute atomic E-state index is 12.4. The van der Waals surface area contributed by atoms with Crippen molar-refractivity contribution in [3.05, 3.63) is 49.8 Å². The van der Waals surface area contributed by atoms with E-state index in [1.54, 1.807) is 24.5 Å². The van der Waals surface area contributed by atoms with E-state index in [0.717, 1.165) is 49.8 Å². The molecule has 0 saturated carbocycles. The average molecular weight is 562 g/mol. The smallest absolute Gasteiger partial charge is 0.475 e. The number of methoxy groups -OCH3 is 1. The number of pyridine rings is 1. The predicted molar refractivity (Wildman–Crippen MR) is 120 cm³/mol. The molecule has 1 aliphatic heterocycles. The van der Waals surface area contributed by atoms with E-state index in [9.17, 15) is 31.1 Å². The summed E-state index contributed by atoms with van der Waals surface area (Å²) < 4.78 is 70.6. The molecule has 0 atom stereocenters. The minimum absolute atomic E-state index is 0.0692. The summed E-state index contributed by atoms with van der Waals surface area (Å²) in [4.78, 5) is 37.1. The maximum atomic E-state index is 12.4. The number of thiazole rings is 1. The van der Waals surface area contributed by atoms with Crippen LogP contribution in [-0.2, 0) is 33.7 Å². The van der Waals surface area contributed by atoms with Crippen LogP contribution in [0.3, 0.4) is 0 Å². The molecule has 208 valence electrons. The summed E-state index contributed by atoms with van der Waals surface area (Å²) in [6.45, 7) is 6.25. The van der Waals surface area contributed by atoms with E-state index < -0.39 is 24.3 Å². The molecule has 3 rings (SSSR count). The molecule has 2 aromatic heterocycles. The van der Waals surface area contributed by atoms with Gasteiger partial charge >= 0.3 is 24.3 Å². The molecule has 1 aliphatic rings. The third kappa shape index (κ3) is 11.3. The number of aliphatic carboxylic acids is 2. The molecular weight excluding hydrogens is 536 g/mol. The summed E-state index contributed by atoms with van der Waals surface area (Å²) in [5, 5.41) is 17.3. The molecular formula is C21H25F6N3O6S. The molecule has 0 aliphatic carbocycles. The number of ether oxygens (including phenoxy) is 1. The van der Waals surface area contributed by atoms with Crippen molar-refractivity contribution in [1.82, 2.24) is 14.5 Å². The van der Waals surface area contributed by atoms with Crippen LogP contribution < -0.4 is 5.56 Å². The molecule has 0 radical (unpaired) electrons. The van der Waals surface area contributed by atoms with Crippen molar-refractivity contribution in [2.75, 3.05) is 33.4 Å². The SMILES string of the molecule is COCCN1CCc2ccc(=O)n(Cc3csc(C)n3)c2CC1.O=C(O)C(F)(F)F.O=C(O)C(F)(F)F. The van der Waals surface area contributed by atoms with Crippen LogP contribution in [0.2, 0.25) is 0 Å². The van der Waals surface area contributed by atoms with E-state index in [4.69, 9.17) is 24.5 Å². The van der Waals surface area contributed by atoms with Gasteiger partial charge in [0.1, 0.15) is 0 Å². The fraction of sp³-hybridized carbons (Fsp3) is 0.524. The summed E-state index contributed by atoms with van der Waals surface area (Å²) in [6.07, 6.45) is -8.28. The fourth-order valence-corrected chi connectivity index (χ4v) is 3.71. The zero-order valence-electron chi connectivity index (χ0n) is 19.7. The number of hydrogen-bond donors (Lipinski definition) is 2. The lowest BCUT2D eigenvalue weighted by molar-refractivity contribution is -0.193. The number of halogens is 6. The van der Waals surface area contributed by atoms with Crippen LogP contribution in [0.1, 0.15) is 22.0 Å². The Morgan fingerprint density at radius 1 is 1.05 bits per heavy atom. The van der Waals surface area contributed by atoms with Crippen LogP contribution in [0.4, 0.5) is 26.3 Å². The molecule has 0 unspecified atom stereocenters. The third-order valence-electron chi connectivity index (χ3n) is 4.84. The second kappa shape index (κ2) is 14.1. The number of carboxylic acid groups (broad SMARTS) is 2. The summed E-state index contributed by atoms with van der Waals surface area (Å²) >= 11 is 1.63. The largest absolute Gasteiger partial charge is 0.490 e. The number of alkyl halides is 6. The number of carboxylic acids is 2. The number of carbonyl (C=O) groups is 2. The minimum Gasteiger partial charge on any atom is -0.475 e. The van der Waals surface area contributed by atoms with E-state index in [1.165, 1.54) is 11.3 Å². The van der Waals surface area contributed by atoms with Crippen molar-refractivity contribution in [3.63, 3.8) is 0 Å². The third-order valence-corrected chi connectivity index (χ3v) is 5.66. The van der Waals surface area contributed by atoms with Crippen LogP contribution in [-0.4, -0.2) is 82.3 Å². The van der Waals surface area contributed by atoms with Gasteiger partial charge in [-0.3, -0.25) is 4.79 Å². The highest BCUT2D eigenvalue weighted by Crippen LogP contribution is 2.17. The Morgan fingerprint density at radius 2 is 1.59 bits per heavy atom. The van der Waals surface area contributed by atoms with Gasteiger partial charge in [-0.25, -0.2) is 14.6 Å². The quantitative estimate of drug-likeness (QED) is 0.535. The van der Waals surface area contributed by atoms with Crippen LogP contribution in [0.5, 0.6) is 0 Å². The molecule has 3 heterocycles. The number of aromatic nitrogens is 2. The molecule has 2 N–H and O–H groups in total. The average Bonchev–Trinajstić information content (AvgIpc) is 3.08. The molecule has 0 spiro atoms. The Labute approximate surface area is 210 Å². The van der Waals surface area contributed by atoms with Crippen molar-refractivity contribution in [1.29, 1.82) is 0 Å². The van der Waals surface area contributed by atoms with Crippen LogP contribution in [0, 0.1) is 6.92 Å². The van der Waals surface area contributed by atoms with Gasteiger partial charge in [0.15, 0.2) is 0 Å². The Balaban J connectivity index is 0.000000404. The molecule has 16 heteroatoms. The van der Waals surface area contributed by atoms with Crippen molar-refractivity contribution in [3.8, 4) is 0 Å². The first-order valence-electron chi connectivity index (χ1n) is 10.5. The van der Waals surface area contributed by atoms with Crippen LogP contribution in [0.25, 0.3) is 0 Å². The number of nitrogens with zero attached hydrogens (tertiary/aromatic N) is 3. The van der Waals surface area contributed by atoms with Gasteiger partial charge in [-0.1, -0.05) is 6.07 Å². The highest BCUT2D eigenvalue weighted by atomic mass is 32.1. The number of fused-ring (bicyclic) bond motifs is 1. The van der Waals surface area contributed by atoms with Crippen molar-refractivity contribution in [2.24, 2.45) is 0 Å². The molecule has 0 bridgehead atoms. The first kappa shape index (κ1) is 32.0. The summed E-state index contributed by atoms with van der Waals surface area (Å²) in [5.41, 5.74) is 3.50. The van der Waals surface area contributed by atoms with Crippen molar-refractivity contribution >= 4 is 23.3 Å². The highest BCUT2D eigenvalue weighted by molar-refractivity contribution is 7.09. The van der Waals surface area contributed by atoms with E-state index >= 15 is 0 Å². The van der Waals surface area contributed by atoms with Gasteiger partial charge in [-0.2, -0.15) is 26.3 Å². The zero-order valence-corrected chi connectivity index (χ0v) is 20.5. The Morgan fingerprint density at radius 3 is 2.05 bits per heavy atom. The predicted octanol–water partition coefficient (Wildman–Crippen LogP) is 2.98. The van der Waals surface area contributed by atoms with Crippen LogP contribution >= 0.6 is 11.3 Å². The zero-order chi connectivity index (χ0) is 28.4. The Hall–Kier alpha value is -2.98. The van der Waals surface area contributed by atoms with Crippen molar-refractivity contribution < 1.29 is 50.9 Å². The van der Waals surface area contributed by atoms with Gasteiger partial charge < -0.3 is 24.4 Å². The lowest BCUT2D eigenvalue weighted by Crippen LogP contribution is -2.30. The summed E-state index contributed by atoms with van der Waals surface area (Å²) in [5.74, 6) is -5.51. The molecule has 2 aromatic rings. The molecule has 37 heavy (non-hydrogen) atoms. The minimum atomic E-state index is -5.08. The van der Waals surface area contributed by atoms with E-state index in [1.807, 2.05) is 22.9 Å². The van der Waals surface area contributed by atoms with Crippen LogP contribution in [0.15, 0.2) is 22.3 Å². The standard InChI is InChI=1S/C17H23N3O2S.2C2HF3O2/c1-13-18-15(12-23-13)11-20-16-6-8-19(9-10-22-2)7-5-14(16)3-4-17(20)21;2*3-2(4,5)1(6)7/h3-4,12H,5-11H2,1-2H3;2*(H,6,7). The Bertz CT molecular complexity index is 1080. The number of hydrogen-bond acceptors (Lipinski definition) is 7. The van der Waals surface area contributed by atoms with Gasteiger partial charge in [0.25, 0.3) is 5.56 Å². The van der Waals surface area contributed by atoms with E-state index in [-0.39, 0.29) is 5.56 Å². The van der Waals surface area contributed by atoms with Crippen molar-refractivity contribution in [2.45, 2.75) is 38.7 Å². The van der Waals surface area contributed by atoms with Gasteiger partial charge in [0.05, 0.1) is 23.9 Å². The fourth-order valence-electron chi connectivity index (χ4n) is 3.10. The Kier molecular flexibility index (Phi) is 12.2. The topological polar surface area (TPSA) is 122 Å². The van der Waals surface area contributed by atoms with Gasteiger partial charge in [0, 0.05) is 50.3 Å². The second-order valence-corrected chi connectivity index (χ2v) is 8.59. The molecule has 0 fully saturated rings.